The van der Waals surface area contributed by atoms with E-state index >= 15 is 0 Å². The summed E-state index contributed by atoms with van der Waals surface area (Å²) in [5.41, 5.74) is 4.89. The zero-order valence-corrected chi connectivity index (χ0v) is 18.6. The van der Waals surface area contributed by atoms with Gasteiger partial charge in [-0.05, 0) is 56.0 Å². The summed E-state index contributed by atoms with van der Waals surface area (Å²) < 4.78 is 7.13. The van der Waals surface area contributed by atoms with Crippen LogP contribution in [-0.2, 0) is 6.54 Å². The molecule has 162 valence electrons. The number of amides is 1. The summed E-state index contributed by atoms with van der Waals surface area (Å²) in [6, 6.07) is 13.3. The van der Waals surface area contributed by atoms with Gasteiger partial charge < -0.3 is 9.84 Å². The van der Waals surface area contributed by atoms with E-state index in [1.807, 2.05) is 44.2 Å². The van der Waals surface area contributed by atoms with Crippen LogP contribution in [0.5, 0.6) is 0 Å². The van der Waals surface area contributed by atoms with E-state index in [1.165, 1.54) is 0 Å². The van der Waals surface area contributed by atoms with Crippen LogP contribution in [0.15, 0.2) is 53.2 Å². The summed E-state index contributed by atoms with van der Waals surface area (Å²) in [4.78, 5) is 17.3. The van der Waals surface area contributed by atoms with Crippen LogP contribution in [-0.4, -0.2) is 25.8 Å². The summed E-state index contributed by atoms with van der Waals surface area (Å²) >= 11 is 5.92. The third-order valence-electron chi connectivity index (χ3n) is 5.59. The SMILES string of the molecule is Cc1ccc(-c2noc(C3CC3)n2)cc1-n1cc(C(=O)NCc2ccc(Cl)cc2)c(C)n1. The average molecular weight is 448 g/mol. The minimum atomic E-state index is -0.176. The molecule has 0 radical (unpaired) electrons. The average Bonchev–Trinajstić information content (AvgIpc) is 3.39. The number of hydrogen-bond acceptors (Lipinski definition) is 5. The van der Waals surface area contributed by atoms with Crippen molar-refractivity contribution in [3.63, 3.8) is 0 Å². The molecule has 0 bridgehead atoms. The van der Waals surface area contributed by atoms with Crippen LogP contribution < -0.4 is 5.32 Å². The first-order valence-corrected chi connectivity index (χ1v) is 10.9. The molecule has 0 atom stereocenters. The fourth-order valence-electron chi connectivity index (χ4n) is 3.53. The van der Waals surface area contributed by atoms with E-state index in [2.05, 4.69) is 20.6 Å². The first kappa shape index (κ1) is 20.5. The molecule has 2 aromatic carbocycles. The van der Waals surface area contributed by atoms with E-state index in [0.717, 1.165) is 35.2 Å². The lowest BCUT2D eigenvalue weighted by atomic mass is 10.1. The molecule has 5 rings (SSSR count). The standard InChI is InChI=1S/C24H22ClN5O2/c1-14-3-6-18(22-27-24(32-29-22)17-7-8-17)11-21(14)30-13-20(15(2)28-30)23(31)26-12-16-4-9-19(25)10-5-16/h3-6,9-11,13,17H,7-8,12H2,1-2H3,(H,26,31). The molecule has 32 heavy (non-hydrogen) atoms. The van der Waals surface area contributed by atoms with Crippen molar-refractivity contribution in [3.8, 4) is 17.1 Å². The maximum atomic E-state index is 12.8. The van der Waals surface area contributed by atoms with Gasteiger partial charge in [-0.25, -0.2) is 4.68 Å². The molecule has 1 N–H and O–H groups in total. The first-order valence-electron chi connectivity index (χ1n) is 10.5. The maximum Gasteiger partial charge on any atom is 0.255 e. The van der Waals surface area contributed by atoms with Gasteiger partial charge in [0.05, 0.1) is 16.9 Å². The third kappa shape index (κ3) is 4.16. The van der Waals surface area contributed by atoms with E-state index in [4.69, 9.17) is 16.1 Å². The Labute approximate surface area is 190 Å². The second-order valence-electron chi connectivity index (χ2n) is 8.11. The number of rotatable bonds is 6. The molecular formula is C24H22ClN5O2. The van der Waals surface area contributed by atoms with Crippen LogP contribution in [0.1, 0.15) is 51.8 Å². The van der Waals surface area contributed by atoms with Crippen molar-refractivity contribution in [2.75, 3.05) is 0 Å². The predicted molar refractivity (Wildman–Crippen MR) is 121 cm³/mol. The van der Waals surface area contributed by atoms with Crippen LogP contribution in [0.3, 0.4) is 0 Å². The fourth-order valence-corrected chi connectivity index (χ4v) is 3.66. The van der Waals surface area contributed by atoms with Gasteiger partial charge in [0.25, 0.3) is 5.91 Å². The van der Waals surface area contributed by atoms with E-state index in [0.29, 0.717) is 40.5 Å². The van der Waals surface area contributed by atoms with Crippen LogP contribution in [0.25, 0.3) is 17.1 Å². The van der Waals surface area contributed by atoms with Crippen molar-refractivity contribution < 1.29 is 9.32 Å². The Morgan fingerprint density at radius 1 is 1.19 bits per heavy atom. The molecular weight excluding hydrogens is 426 g/mol. The molecule has 0 spiro atoms. The molecule has 2 heterocycles. The number of aryl methyl sites for hydroxylation is 2. The highest BCUT2D eigenvalue weighted by molar-refractivity contribution is 6.30. The van der Waals surface area contributed by atoms with Crippen molar-refractivity contribution in [1.82, 2.24) is 25.2 Å². The van der Waals surface area contributed by atoms with Gasteiger partial charge >= 0.3 is 0 Å². The van der Waals surface area contributed by atoms with E-state index < -0.39 is 0 Å². The van der Waals surface area contributed by atoms with Gasteiger partial charge in [-0.3, -0.25) is 4.79 Å². The van der Waals surface area contributed by atoms with Crippen molar-refractivity contribution >= 4 is 17.5 Å². The Balaban J connectivity index is 1.37. The van der Waals surface area contributed by atoms with Crippen LogP contribution in [0, 0.1) is 13.8 Å². The smallest absolute Gasteiger partial charge is 0.255 e. The number of nitrogens with one attached hydrogen (secondary N) is 1. The van der Waals surface area contributed by atoms with Gasteiger partial charge in [0.15, 0.2) is 0 Å². The number of nitrogens with zero attached hydrogens (tertiary/aromatic N) is 4. The van der Waals surface area contributed by atoms with Gasteiger partial charge in [-0.15, -0.1) is 0 Å². The number of hydrogen-bond donors (Lipinski definition) is 1. The van der Waals surface area contributed by atoms with Crippen LogP contribution in [0.4, 0.5) is 0 Å². The Morgan fingerprint density at radius 2 is 1.97 bits per heavy atom. The van der Waals surface area contributed by atoms with Crippen molar-refractivity contribution in [2.24, 2.45) is 0 Å². The Bertz CT molecular complexity index is 1290. The van der Waals surface area contributed by atoms with Crippen LogP contribution >= 0.6 is 11.6 Å². The zero-order chi connectivity index (χ0) is 22.2. The normalized spacial score (nSPS) is 13.3. The molecule has 0 aliphatic heterocycles. The Kier molecular flexibility index (Phi) is 5.27. The van der Waals surface area contributed by atoms with Gasteiger partial charge in [0, 0.05) is 29.2 Å². The summed E-state index contributed by atoms with van der Waals surface area (Å²) in [5, 5.41) is 12.3. The third-order valence-corrected chi connectivity index (χ3v) is 5.84. The molecule has 1 fully saturated rings. The van der Waals surface area contributed by atoms with E-state index in [-0.39, 0.29) is 5.91 Å². The highest BCUT2D eigenvalue weighted by Crippen LogP contribution is 2.39. The monoisotopic (exact) mass is 447 g/mol. The summed E-state index contributed by atoms with van der Waals surface area (Å²) in [5.74, 6) is 1.50. The lowest BCUT2D eigenvalue weighted by Crippen LogP contribution is -2.23. The molecule has 1 amide bonds. The van der Waals surface area contributed by atoms with Gasteiger partial charge in [0.1, 0.15) is 0 Å². The highest BCUT2D eigenvalue weighted by atomic mass is 35.5. The van der Waals surface area contributed by atoms with Gasteiger partial charge in [-0.2, -0.15) is 10.1 Å². The lowest BCUT2D eigenvalue weighted by Gasteiger charge is -2.07. The number of carbonyl (C=O) groups excluding carboxylic acids is 1. The fraction of sp³-hybridized carbons (Fsp3) is 0.250. The summed E-state index contributed by atoms with van der Waals surface area (Å²) in [7, 11) is 0. The van der Waals surface area contributed by atoms with Crippen molar-refractivity contribution in [2.45, 2.75) is 39.2 Å². The first-order chi connectivity index (χ1) is 15.5. The van der Waals surface area contributed by atoms with Crippen LogP contribution in [0.2, 0.25) is 5.02 Å². The molecule has 1 aliphatic carbocycles. The number of aromatic nitrogens is 4. The maximum absolute atomic E-state index is 12.8. The van der Waals surface area contributed by atoms with Crippen molar-refractivity contribution in [3.05, 3.63) is 82.0 Å². The second kappa shape index (κ2) is 8.24. The molecule has 1 saturated carbocycles. The van der Waals surface area contributed by atoms with E-state index in [1.54, 1.807) is 23.0 Å². The topological polar surface area (TPSA) is 85.8 Å². The predicted octanol–water partition coefficient (Wildman–Crippen LogP) is 5.00. The highest BCUT2D eigenvalue weighted by Gasteiger charge is 2.29. The molecule has 2 aromatic heterocycles. The molecule has 8 heteroatoms. The molecule has 0 unspecified atom stereocenters. The molecule has 1 aliphatic rings. The Morgan fingerprint density at radius 3 is 2.72 bits per heavy atom. The van der Waals surface area contributed by atoms with Gasteiger partial charge in [-0.1, -0.05) is 41.0 Å². The Hall–Kier alpha value is -3.45. The minimum absolute atomic E-state index is 0.176. The quantitative estimate of drug-likeness (QED) is 0.449. The van der Waals surface area contributed by atoms with Gasteiger partial charge in [0.2, 0.25) is 11.7 Å². The number of benzene rings is 2. The molecule has 4 aromatic rings. The van der Waals surface area contributed by atoms with Crippen molar-refractivity contribution in [1.29, 1.82) is 0 Å². The zero-order valence-electron chi connectivity index (χ0n) is 17.8. The lowest BCUT2D eigenvalue weighted by molar-refractivity contribution is 0.0950. The molecule has 0 saturated heterocycles. The summed E-state index contributed by atoms with van der Waals surface area (Å²) in [6.45, 7) is 4.24. The number of carbonyl (C=O) groups is 1. The second-order valence-corrected chi connectivity index (χ2v) is 8.55. The van der Waals surface area contributed by atoms with E-state index in [9.17, 15) is 4.79 Å². The molecule has 7 nitrogen and oxygen atoms in total. The minimum Gasteiger partial charge on any atom is -0.348 e. The largest absolute Gasteiger partial charge is 0.348 e. The summed E-state index contributed by atoms with van der Waals surface area (Å²) in [6.07, 6.45) is 3.97. The number of halogens is 1.